The van der Waals surface area contributed by atoms with Gasteiger partial charge in [0.15, 0.2) is 0 Å². The van der Waals surface area contributed by atoms with Crippen LogP contribution in [-0.2, 0) is 4.79 Å². The van der Waals surface area contributed by atoms with Crippen LogP contribution in [0.15, 0.2) is 42.5 Å². The molecule has 1 aliphatic heterocycles. The Morgan fingerprint density at radius 2 is 1.97 bits per heavy atom. The average Bonchev–Trinajstić information content (AvgIpc) is 3.36. The van der Waals surface area contributed by atoms with E-state index in [1.54, 1.807) is 6.07 Å². The van der Waals surface area contributed by atoms with E-state index in [0.717, 1.165) is 17.4 Å². The second kappa shape index (κ2) is 7.86. The van der Waals surface area contributed by atoms with Gasteiger partial charge in [-0.3, -0.25) is 9.59 Å². The quantitative estimate of drug-likeness (QED) is 0.651. The number of carbonyl (C=O) groups is 2. The normalized spacial score (nSPS) is 13.3. The molecule has 4 rings (SSSR count). The SMILES string of the molecule is N#Cc1cc(F)cc(-c2sc(C(=O)N3CNC(=O)C3)cc2-c2ccc(F)c(Cl)c2)c1. The van der Waals surface area contributed by atoms with Crippen LogP contribution in [0.1, 0.15) is 15.2 Å². The lowest BCUT2D eigenvalue weighted by molar-refractivity contribution is -0.118. The van der Waals surface area contributed by atoms with Gasteiger partial charge in [0.2, 0.25) is 5.91 Å². The van der Waals surface area contributed by atoms with Crippen molar-refractivity contribution in [3.8, 4) is 27.6 Å². The maximum absolute atomic E-state index is 14.1. The fourth-order valence-electron chi connectivity index (χ4n) is 3.14. The van der Waals surface area contributed by atoms with E-state index in [9.17, 15) is 23.6 Å². The molecule has 0 saturated carbocycles. The van der Waals surface area contributed by atoms with E-state index < -0.39 is 11.6 Å². The number of nitrogens with one attached hydrogen (secondary N) is 1. The second-order valence-corrected chi connectivity index (χ2v) is 8.04. The van der Waals surface area contributed by atoms with E-state index in [1.807, 2.05) is 6.07 Å². The first-order valence-corrected chi connectivity index (χ1v) is 9.91. The van der Waals surface area contributed by atoms with Crippen LogP contribution in [0.25, 0.3) is 21.6 Å². The minimum Gasteiger partial charge on any atom is -0.337 e. The number of hydrogen-bond acceptors (Lipinski definition) is 4. The summed E-state index contributed by atoms with van der Waals surface area (Å²) in [4.78, 5) is 26.5. The van der Waals surface area contributed by atoms with Crippen molar-refractivity contribution in [2.45, 2.75) is 0 Å². The minimum atomic E-state index is -0.595. The van der Waals surface area contributed by atoms with Gasteiger partial charge in [0, 0.05) is 10.4 Å². The lowest BCUT2D eigenvalue weighted by Crippen LogP contribution is -2.28. The Bertz CT molecular complexity index is 1240. The van der Waals surface area contributed by atoms with Gasteiger partial charge in [-0.2, -0.15) is 5.26 Å². The Balaban J connectivity index is 1.87. The number of nitrogens with zero attached hydrogens (tertiary/aromatic N) is 2. The van der Waals surface area contributed by atoms with Gasteiger partial charge in [-0.25, -0.2) is 8.78 Å². The first-order chi connectivity index (χ1) is 14.4. The van der Waals surface area contributed by atoms with Gasteiger partial charge in [-0.1, -0.05) is 17.7 Å². The molecule has 9 heteroatoms. The monoisotopic (exact) mass is 443 g/mol. The summed E-state index contributed by atoms with van der Waals surface area (Å²) in [5, 5.41) is 11.7. The average molecular weight is 444 g/mol. The second-order valence-electron chi connectivity index (χ2n) is 6.58. The number of carbonyl (C=O) groups excluding carboxylic acids is 2. The maximum Gasteiger partial charge on any atom is 0.265 e. The fraction of sp³-hybridized carbons (Fsp3) is 0.0952. The number of rotatable bonds is 3. The molecule has 0 aliphatic carbocycles. The molecular weight excluding hydrogens is 432 g/mol. The number of thiophene rings is 1. The number of benzene rings is 2. The highest BCUT2D eigenvalue weighted by Crippen LogP contribution is 2.41. The zero-order valence-corrected chi connectivity index (χ0v) is 16.8. The van der Waals surface area contributed by atoms with Crippen molar-refractivity contribution in [1.82, 2.24) is 10.2 Å². The largest absolute Gasteiger partial charge is 0.337 e. The van der Waals surface area contributed by atoms with E-state index in [1.165, 1.54) is 35.2 Å². The Labute approximate surface area is 179 Å². The van der Waals surface area contributed by atoms with E-state index in [2.05, 4.69) is 5.32 Å². The Morgan fingerprint density at radius 3 is 2.63 bits per heavy atom. The molecule has 3 aromatic rings. The van der Waals surface area contributed by atoms with Crippen molar-refractivity contribution in [3.05, 3.63) is 69.6 Å². The van der Waals surface area contributed by atoms with E-state index in [0.29, 0.717) is 26.4 Å². The topological polar surface area (TPSA) is 73.2 Å². The van der Waals surface area contributed by atoms with Gasteiger partial charge in [-0.15, -0.1) is 11.3 Å². The summed E-state index contributed by atoms with van der Waals surface area (Å²) in [7, 11) is 0. The Morgan fingerprint density at radius 1 is 1.17 bits per heavy atom. The van der Waals surface area contributed by atoms with Gasteiger partial charge < -0.3 is 10.2 Å². The van der Waals surface area contributed by atoms with Gasteiger partial charge in [0.1, 0.15) is 18.2 Å². The molecule has 150 valence electrons. The molecule has 2 amide bonds. The number of hydrogen-bond donors (Lipinski definition) is 1. The van der Waals surface area contributed by atoms with Crippen LogP contribution < -0.4 is 5.32 Å². The van der Waals surface area contributed by atoms with Crippen LogP contribution in [0.4, 0.5) is 8.78 Å². The minimum absolute atomic E-state index is 0.0533. The third-order valence-electron chi connectivity index (χ3n) is 4.55. The molecule has 0 unspecified atom stereocenters. The van der Waals surface area contributed by atoms with Crippen molar-refractivity contribution in [3.63, 3.8) is 0 Å². The highest BCUT2D eigenvalue weighted by molar-refractivity contribution is 7.18. The molecule has 0 spiro atoms. The summed E-state index contributed by atoms with van der Waals surface area (Å²) in [5.74, 6) is -1.80. The van der Waals surface area contributed by atoms with Crippen LogP contribution in [0.2, 0.25) is 5.02 Å². The molecule has 1 fully saturated rings. The van der Waals surface area contributed by atoms with Gasteiger partial charge in [0.25, 0.3) is 5.91 Å². The number of nitriles is 1. The van der Waals surface area contributed by atoms with Crippen molar-refractivity contribution in [2.24, 2.45) is 0 Å². The molecule has 30 heavy (non-hydrogen) atoms. The third kappa shape index (κ3) is 3.77. The zero-order valence-electron chi connectivity index (χ0n) is 15.2. The first kappa shape index (κ1) is 20.0. The summed E-state index contributed by atoms with van der Waals surface area (Å²) in [6.45, 7) is 0.0451. The van der Waals surface area contributed by atoms with Crippen LogP contribution in [0, 0.1) is 23.0 Å². The molecule has 1 saturated heterocycles. The summed E-state index contributed by atoms with van der Waals surface area (Å²) < 4.78 is 27.7. The van der Waals surface area contributed by atoms with Crippen LogP contribution in [-0.4, -0.2) is 29.9 Å². The summed E-state index contributed by atoms with van der Waals surface area (Å²) in [5.41, 5.74) is 1.61. The predicted molar refractivity (Wildman–Crippen MR) is 109 cm³/mol. The molecule has 0 bridgehead atoms. The van der Waals surface area contributed by atoms with Crippen LogP contribution in [0.5, 0.6) is 0 Å². The lowest BCUT2D eigenvalue weighted by atomic mass is 10.0. The van der Waals surface area contributed by atoms with Gasteiger partial charge in [0.05, 0.1) is 28.2 Å². The van der Waals surface area contributed by atoms with Crippen molar-refractivity contribution < 1.29 is 18.4 Å². The van der Waals surface area contributed by atoms with Crippen molar-refractivity contribution in [1.29, 1.82) is 5.26 Å². The van der Waals surface area contributed by atoms with E-state index >= 15 is 0 Å². The molecule has 1 aliphatic rings. The maximum atomic E-state index is 14.1. The molecular formula is C21H12ClF2N3O2S. The third-order valence-corrected chi connectivity index (χ3v) is 6.01. The van der Waals surface area contributed by atoms with E-state index in [-0.39, 0.29) is 35.6 Å². The first-order valence-electron chi connectivity index (χ1n) is 8.72. The Hall–Kier alpha value is -3.28. The smallest absolute Gasteiger partial charge is 0.265 e. The summed E-state index contributed by atoms with van der Waals surface area (Å²) in [6.07, 6.45) is 0. The van der Waals surface area contributed by atoms with Crippen LogP contribution >= 0.6 is 22.9 Å². The van der Waals surface area contributed by atoms with Crippen molar-refractivity contribution in [2.75, 3.05) is 13.2 Å². The number of halogens is 3. The number of amides is 2. The van der Waals surface area contributed by atoms with Gasteiger partial charge in [-0.05, 0) is 47.5 Å². The zero-order chi connectivity index (χ0) is 21.4. The fourth-order valence-corrected chi connectivity index (χ4v) is 4.46. The molecule has 1 N–H and O–H groups in total. The molecule has 0 radical (unpaired) electrons. The van der Waals surface area contributed by atoms with Gasteiger partial charge >= 0.3 is 0 Å². The predicted octanol–water partition coefficient (Wildman–Crippen LogP) is 4.41. The summed E-state index contributed by atoms with van der Waals surface area (Å²) >= 11 is 7.03. The summed E-state index contributed by atoms with van der Waals surface area (Å²) in [6, 6.07) is 11.5. The standard InChI is InChI=1S/C21H12ClF2N3O2S/c22-16-6-12(1-2-17(16)24)15-7-18(21(29)27-9-19(28)26-10-27)30-20(15)13-3-11(8-25)4-14(23)5-13/h1-7H,9-10H2,(H,26,28). The van der Waals surface area contributed by atoms with Crippen LogP contribution in [0.3, 0.4) is 0 Å². The molecule has 2 aromatic carbocycles. The lowest BCUT2D eigenvalue weighted by Gasteiger charge is -2.11. The highest BCUT2D eigenvalue weighted by Gasteiger charge is 2.27. The molecule has 1 aromatic heterocycles. The van der Waals surface area contributed by atoms with E-state index in [4.69, 9.17) is 11.6 Å². The molecule has 0 atom stereocenters. The molecule has 5 nitrogen and oxygen atoms in total. The van der Waals surface area contributed by atoms with Crippen molar-refractivity contribution >= 4 is 34.8 Å². The highest BCUT2D eigenvalue weighted by atomic mass is 35.5. The Kier molecular flexibility index (Phi) is 5.24. The molecule has 2 heterocycles.